The molecule has 5 nitrogen and oxygen atoms in total. The molecular formula is C22H23N3O2. The molecule has 1 aliphatic rings. The average molecular weight is 361 g/mol. The molecule has 27 heavy (non-hydrogen) atoms. The van der Waals surface area contributed by atoms with Crippen LogP contribution >= 0.6 is 0 Å². The average Bonchev–Trinajstić information content (AvgIpc) is 2.73. The second kappa shape index (κ2) is 8.29. The van der Waals surface area contributed by atoms with E-state index in [9.17, 15) is 4.79 Å². The summed E-state index contributed by atoms with van der Waals surface area (Å²) >= 11 is 0. The highest BCUT2D eigenvalue weighted by atomic mass is 16.5. The van der Waals surface area contributed by atoms with Gasteiger partial charge in [-0.15, -0.1) is 0 Å². The summed E-state index contributed by atoms with van der Waals surface area (Å²) in [6, 6.07) is 17.8. The Morgan fingerprint density at radius 3 is 2.59 bits per heavy atom. The number of carbonyl (C=O) groups is 1. The zero-order valence-corrected chi connectivity index (χ0v) is 15.2. The molecule has 1 aliphatic heterocycles. The summed E-state index contributed by atoms with van der Waals surface area (Å²) in [6.45, 7) is 5.04. The highest BCUT2D eigenvalue weighted by molar-refractivity contribution is 6.06. The molecule has 4 rings (SSSR count). The number of nitrogens with one attached hydrogen (secondary N) is 1. The van der Waals surface area contributed by atoms with Crippen molar-refractivity contribution < 1.29 is 9.53 Å². The molecule has 0 unspecified atom stereocenters. The predicted molar refractivity (Wildman–Crippen MR) is 105 cm³/mol. The fraction of sp³-hybridized carbons (Fsp3) is 0.273. The molecule has 1 saturated heterocycles. The third-order valence-corrected chi connectivity index (χ3v) is 4.88. The van der Waals surface area contributed by atoms with E-state index in [1.807, 2.05) is 30.3 Å². The largest absolute Gasteiger partial charge is 0.379 e. The fourth-order valence-corrected chi connectivity index (χ4v) is 3.36. The van der Waals surface area contributed by atoms with Crippen LogP contribution in [-0.2, 0) is 17.8 Å². The van der Waals surface area contributed by atoms with Gasteiger partial charge in [-0.3, -0.25) is 14.7 Å². The molecule has 0 aliphatic carbocycles. The van der Waals surface area contributed by atoms with Gasteiger partial charge < -0.3 is 10.1 Å². The minimum absolute atomic E-state index is 0.0778. The molecule has 0 atom stereocenters. The number of ether oxygens (including phenoxy) is 1. The van der Waals surface area contributed by atoms with Crippen molar-refractivity contribution in [1.29, 1.82) is 0 Å². The van der Waals surface area contributed by atoms with Crippen LogP contribution in [0.4, 0.5) is 0 Å². The first-order valence-corrected chi connectivity index (χ1v) is 9.29. The van der Waals surface area contributed by atoms with Crippen LogP contribution in [0.3, 0.4) is 0 Å². The van der Waals surface area contributed by atoms with Crippen LogP contribution < -0.4 is 5.32 Å². The zero-order chi connectivity index (χ0) is 18.5. The van der Waals surface area contributed by atoms with Crippen LogP contribution in [0.25, 0.3) is 10.9 Å². The van der Waals surface area contributed by atoms with Crippen molar-refractivity contribution >= 4 is 16.8 Å². The molecule has 0 saturated carbocycles. The van der Waals surface area contributed by atoms with Crippen LogP contribution in [0.15, 0.2) is 60.8 Å². The van der Waals surface area contributed by atoms with Gasteiger partial charge in [-0.25, -0.2) is 0 Å². The van der Waals surface area contributed by atoms with Gasteiger partial charge in [0.15, 0.2) is 0 Å². The monoisotopic (exact) mass is 361 g/mol. The molecule has 1 aromatic heterocycles. The van der Waals surface area contributed by atoms with Gasteiger partial charge in [-0.2, -0.15) is 0 Å². The lowest BCUT2D eigenvalue weighted by Gasteiger charge is -2.26. The van der Waals surface area contributed by atoms with Crippen molar-refractivity contribution in [3.05, 3.63) is 77.5 Å². The second-order valence-electron chi connectivity index (χ2n) is 6.76. The van der Waals surface area contributed by atoms with Gasteiger partial charge in [-0.05, 0) is 29.3 Å². The van der Waals surface area contributed by atoms with E-state index in [1.54, 1.807) is 6.20 Å². The third kappa shape index (κ3) is 4.32. The van der Waals surface area contributed by atoms with Crippen LogP contribution in [0, 0.1) is 0 Å². The van der Waals surface area contributed by atoms with Gasteiger partial charge in [-0.1, -0.05) is 36.4 Å². The number of rotatable bonds is 5. The SMILES string of the molecule is O=C(NCc1ccc(CN2CCOCC2)cc1)c1cccc2ncccc12. The summed E-state index contributed by atoms with van der Waals surface area (Å²) in [7, 11) is 0. The summed E-state index contributed by atoms with van der Waals surface area (Å²) in [5.41, 5.74) is 3.86. The molecule has 1 fully saturated rings. The highest BCUT2D eigenvalue weighted by Gasteiger charge is 2.11. The molecular weight excluding hydrogens is 338 g/mol. The maximum atomic E-state index is 12.6. The molecule has 3 aromatic rings. The molecule has 1 amide bonds. The van der Waals surface area contributed by atoms with Gasteiger partial charge in [0.05, 0.1) is 18.7 Å². The first-order valence-electron chi connectivity index (χ1n) is 9.29. The Morgan fingerprint density at radius 2 is 1.78 bits per heavy atom. The highest BCUT2D eigenvalue weighted by Crippen LogP contribution is 2.16. The Hall–Kier alpha value is -2.76. The number of amides is 1. The van der Waals surface area contributed by atoms with E-state index < -0.39 is 0 Å². The maximum Gasteiger partial charge on any atom is 0.252 e. The molecule has 5 heteroatoms. The van der Waals surface area contributed by atoms with Crippen LogP contribution in [0.5, 0.6) is 0 Å². The lowest BCUT2D eigenvalue weighted by molar-refractivity contribution is 0.0342. The number of benzene rings is 2. The van der Waals surface area contributed by atoms with Gasteiger partial charge in [0, 0.05) is 43.3 Å². The van der Waals surface area contributed by atoms with Gasteiger partial charge >= 0.3 is 0 Å². The minimum atomic E-state index is -0.0778. The molecule has 2 heterocycles. The van der Waals surface area contributed by atoms with Crippen molar-refractivity contribution in [3.8, 4) is 0 Å². The lowest BCUT2D eigenvalue weighted by atomic mass is 10.1. The number of hydrogen-bond donors (Lipinski definition) is 1. The number of morpholine rings is 1. The van der Waals surface area contributed by atoms with Crippen LogP contribution in [0.2, 0.25) is 0 Å². The van der Waals surface area contributed by atoms with E-state index in [2.05, 4.69) is 39.5 Å². The number of aromatic nitrogens is 1. The Balaban J connectivity index is 1.37. The van der Waals surface area contributed by atoms with Gasteiger partial charge in [0.2, 0.25) is 0 Å². The minimum Gasteiger partial charge on any atom is -0.379 e. The van der Waals surface area contributed by atoms with E-state index in [0.717, 1.165) is 49.3 Å². The summed E-state index contributed by atoms with van der Waals surface area (Å²) < 4.78 is 5.39. The van der Waals surface area contributed by atoms with Gasteiger partial charge in [0.25, 0.3) is 5.91 Å². The van der Waals surface area contributed by atoms with Crippen LogP contribution in [-0.4, -0.2) is 42.1 Å². The number of fused-ring (bicyclic) bond motifs is 1. The number of nitrogens with zero attached hydrogens (tertiary/aromatic N) is 2. The summed E-state index contributed by atoms with van der Waals surface area (Å²) in [5, 5.41) is 3.89. The van der Waals surface area contributed by atoms with Crippen molar-refractivity contribution in [3.63, 3.8) is 0 Å². The first kappa shape index (κ1) is 17.6. The topological polar surface area (TPSA) is 54.5 Å². The number of carbonyl (C=O) groups excluding carboxylic acids is 1. The first-order chi connectivity index (χ1) is 13.3. The third-order valence-electron chi connectivity index (χ3n) is 4.88. The summed E-state index contributed by atoms with van der Waals surface area (Å²) in [5.74, 6) is -0.0778. The predicted octanol–water partition coefficient (Wildman–Crippen LogP) is 3.00. The smallest absolute Gasteiger partial charge is 0.252 e. The molecule has 0 bridgehead atoms. The molecule has 1 N–H and O–H groups in total. The second-order valence-corrected chi connectivity index (χ2v) is 6.76. The Morgan fingerprint density at radius 1 is 1.00 bits per heavy atom. The van der Waals surface area contributed by atoms with E-state index in [4.69, 9.17) is 4.74 Å². The maximum absolute atomic E-state index is 12.6. The molecule has 0 radical (unpaired) electrons. The van der Waals surface area contributed by atoms with Crippen LogP contribution in [0.1, 0.15) is 21.5 Å². The Labute approximate surface area is 159 Å². The van der Waals surface area contributed by atoms with Crippen molar-refractivity contribution in [1.82, 2.24) is 15.2 Å². The normalized spacial score (nSPS) is 15.0. The van der Waals surface area contributed by atoms with E-state index in [-0.39, 0.29) is 5.91 Å². The zero-order valence-electron chi connectivity index (χ0n) is 15.2. The molecule has 138 valence electrons. The Bertz CT molecular complexity index is 913. The summed E-state index contributed by atoms with van der Waals surface area (Å²) in [6.07, 6.45) is 1.74. The Kier molecular flexibility index (Phi) is 5.42. The van der Waals surface area contributed by atoms with E-state index in [0.29, 0.717) is 12.1 Å². The molecule has 2 aromatic carbocycles. The lowest BCUT2D eigenvalue weighted by Crippen LogP contribution is -2.35. The van der Waals surface area contributed by atoms with E-state index in [1.165, 1.54) is 5.56 Å². The van der Waals surface area contributed by atoms with Crippen molar-refractivity contribution in [2.75, 3.05) is 26.3 Å². The van der Waals surface area contributed by atoms with Gasteiger partial charge in [0.1, 0.15) is 0 Å². The van der Waals surface area contributed by atoms with Crippen molar-refractivity contribution in [2.45, 2.75) is 13.1 Å². The summed E-state index contributed by atoms with van der Waals surface area (Å²) in [4.78, 5) is 19.3. The quantitative estimate of drug-likeness (QED) is 0.759. The number of hydrogen-bond acceptors (Lipinski definition) is 4. The van der Waals surface area contributed by atoms with E-state index >= 15 is 0 Å². The molecule has 0 spiro atoms. The van der Waals surface area contributed by atoms with Crippen molar-refractivity contribution in [2.24, 2.45) is 0 Å². The number of pyridine rings is 1. The fourth-order valence-electron chi connectivity index (χ4n) is 3.36. The standard InChI is InChI=1S/C22H23N3O2/c26-22(20-3-1-5-21-19(20)4-2-10-23-21)24-15-17-6-8-18(9-7-17)16-25-11-13-27-14-12-25/h1-10H,11-16H2,(H,24,26).